The maximum Gasteiger partial charge on any atom is 0.0207 e. The summed E-state index contributed by atoms with van der Waals surface area (Å²) in [5.74, 6) is 0. The second-order valence-corrected chi connectivity index (χ2v) is 6.27. The van der Waals surface area contributed by atoms with Crippen LogP contribution in [0.4, 0.5) is 0 Å². The molecule has 2 aromatic rings. The number of halogens is 1. The van der Waals surface area contributed by atoms with Crippen LogP contribution < -0.4 is 5.32 Å². The van der Waals surface area contributed by atoms with Crippen LogP contribution in [0, 0.1) is 13.8 Å². The smallest absolute Gasteiger partial charge is 0.0207 e. The van der Waals surface area contributed by atoms with Crippen LogP contribution in [-0.2, 0) is 12.8 Å². The number of hydrogen-bond acceptors (Lipinski definition) is 1. The summed E-state index contributed by atoms with van der Waals surface area (Å²) in [6.07, 6.45) is 2.09. The lowest BCUT2D eigenvalue weighted by Crippen LogP contribution is -2.30. The van der Waals surface area contributed by atoms with Crippen molar-refractivity contribution in [2.24, 2.45) is 0 Å². The van der Waals surface area contributed by atoms with Gasteiger partial charge in [-0.1, -0.05) is 57.9 Å². The fourth-order valence-electron chi connectivity index (χ4n) is 2.49. The van der Waals surface area contributed by atoms with E-state index >= 15 is 0 Å². The molecule has 0 saturated carbocycles. The Labute approximate surface area is 130 Å². The highest BCUT2D eigenvalue weighted by atomic mass is 79.9. The van der Waals surface area contributed by atoms with Crippen molar-refractivity contribution < 1.29 is 0 Å². The number of likely N-dealkylation sites (N-methyl/N-ethyl adjacent to an activating group) is 1. The van der Waals surface area contributed by atoms with Gasteiger partial charge in [0, 0.05) is 10.5 Å². The molecule has 106 valence electrons. The highest BCUT2D eigenvalue weighted by molar-refractivity contribution is 9.10. The molecule has 0 saturated heterocycles. The van der Waals surface area contributed by atoms with E-state index in [9.17, 15) is 0 Å². The third kappa shape index (κ3) is 3.94. The zero-order valence-corrected chi connectivity index (χ0v) is 14.0. The standard InChI is InChI=1S/C18H22BrN/c1-13-8-9-14(2)16(10-13)12-17(20-3)11-15-6-4-5-7-18(15)19/h4-10,17,20H,11-12H2,1-3H3. The molecular formula is C18H22BrN. The van der Waals surface area contributed by atoms with Crippen molar-refractivity contribution in [1.82, 2.24) is 5.32 Å². The second kappa shape index (κ2) is 7.05. The molecule has 1 unspecified atom stereocenters. The summed E-state index contributed by atoms with van der Waals surface area (Å²) in [4.78, 5) is 0. The van der Waals surface area contributed by atoms with Gasteiger partial charge in [-0.15, -0.1) is 0 Å². The van der Waals surface area contributed by atoms with Gasteiger partial charge in [0.25, 0.3) is 0 Å². The van der Waals surface area contributed by atoms with Gasteiger partial charge in [0.15, 0.2) is 0 Å². The predicted octanol–water partition coefficient (Wildman–Crippen LogP) is 4.44. The molecule has 0 aliphatic carbocycles. The first-order valence-corrected chi connectivity index (χ1v) is 7.86. The molecule has 0 aliphatic heterocycles. The monoisotopic (exact) mass is 331 g/mol. The number of aryl methyl sites for hydroxylation is 2. The Morgan fingerprint density at radius 2 is 1.70 bits per heavy atom. The summed E-state index contributed by atoms with van der Waals surface area (Å²) in [7, 11) is 2.05. The van der Waals surface area contributed by atoms with E-state index < -0.39 is 0 Å². The van der Waals surface area contributed by atoms with Crippen molar-refractivity contribution in [3.05, 3.63) is 69.2 Å². The topological polar surface area (TPSA) is 12.0 Å². The summed E-state index contributed by atoms with van der Waals surface area (Å²) in [5, 5.41) is 3.45. The zero-order chi connectivity index (χ0) is 14.5. The van der Waals surface area contributed by atoms with Gasteiger partial charge in [-0.25, -0.2) is 0 Å². The molecule has 1 atom stereocenters. The van der Waals surface area contributed by atoms with Crippen LogP contribution in [0.15, 0.2) is 46.9 Å². The zero-order valence-electron chi connectivity index (χ0n) is 12.4. The largest absolute Gasteiger partial charge is 0.316 e. The maximum atomic E-state index is 3.64. The van der Waals surface area contributed by atoms with E-state index in [2.05, 4.69) is 77.6 Å². The Balaban J connectivity index is 2.13. The van der Waals surface area contributed by atoms with Crippen LogP contribution in [0.5, 0.6) is 0 Å². The molecule has 0 aromatic heterocycles. The molecule has 0 radical (unpaired) electrons. The Bertz CT molecular complexity index is 577. The molecule has 0 spiro atoms. The van der Waals surface area contributed by atoms with Gasteiger partial charge in [-0.2, -0.15) is 0 Å². The third-order valence-corrected chi connectivity index (χ3v) is 4.58. The van der Waals surface area contributed by atoms with Gasteiger partial charge in [-0.05, 0) is 56.5 Å². The van der Waals surface area contributed by atoms with Crippen molar-refractivity contribution in [2.75, 3.05) is 7.05 Å². The third-order valence-electron chi connectivity index (χ3n) is 3.80. The molecule has 1 N–H and O–H groups in total. The van der Waals surface area contributed by atoms with Gasteiger partial charge in [-0.3, -0.25) is 0 Å². The molecule has 2 aromatic carbocycles. The Morgan fingerprint density at radius 1 is 1.00 bits per heavy atom. The SMILES string of the molecule is CNC(Cc1cc(C)ccc1C)Cc1ccccc1Br. The van der Waals surface area contributed by atoms with Gasteiger partial charge < -0.3 is 5.32 Å². The summed E-state index contributed by atoms with van der Waals surface area (Å²) >= 11 is 3.64. The number of rotatable bonds is 5. The van der Waals surface area contributed by atoms with E-state index in [1.165, 1.54) is 26.7 Å². The first kappa shape index (κ1) is 15.3. The quantitative estimate of drug-likeness (QED) is 0.854. The van der Waals surface area contributed by atoms with Gasteiger partial charge in [0.2, 0.25) is 0 Å². The van der Waals surface area contributed by atoms with Crippen LogP contribution in [0.3, 0.4) is 0 Å². The molecule has 2 rings (SSSR count). The molecule has 0 aliphatic rings. The Kier molecular flexibility index (Phi) is 5.38. The minimum absolute atomic E-state index is 0.453. The predicted molar refractivity (Wildman–Crippen MR) is 90.3 cm³/mol. The van der Waals surface area contributed by atoms with Crippen LogP contribution in [0.1, 0.15) is 22.3 Å². The summed E-state index contributed by atoms with van der Waals surface area (Å²) in [6, 6.07) is 15.6. The van der Waals surface area contributed by atoms with Crippen molar-refractivity contribution in [2.45, 2.75) is 32.7 Å². The minimum Gasteiger partial charge on any atom is -0.316 e. The summed E-state index contributed by atoms with van der Waals surface area (Å²) in [5.41, 5.74) is 5.51. The Morgan fingerprint density at radius 3 is 2.40 bits per heavy atom. The normalized spacial score (nSPS) is 12.4. The number of hydrogen-bond donors (Lipinski definition) is 1. The van der Waals surface area contributed by atoms with Gasteiger partial charge in [0.1, 0.15) is 0 Å². The average Bonchev–Trinajstić information content (AvgIpc) is 2.44. The lowest BCUT2D eigenvalue weighted by molar-refractivity contribution is 0.554. The summed E-state index contributed by atoms with van der Waals surface area (Å²) < 4.78 is 1.20. The molecule has 0 amide bonds. The van der Waals surface area contributed by atoms with Crippen LogP contribution >= 0.6 is 15.9 Å². The van der Waals surface area contributed by atoms with Crippen LogP contribution in [-0.4, -0.2) is 13.1 Å². The highest BCUT2D eigenvalue weighted by Crippen LogP contribution is 2.20. The minimum atomic E-state index is 0.453. The fraction of sp³-hybridized carbons (Fsp3) is 0.333. The van der Waals surface area contributed by atoms with E-state index in [-0.39, 0.29) is 0 Å². The van der Waals surface area contributed by atoms with Crippen molar-refractivity contribution in [1.29, 1.82) is 0 Å². The molecule has 20 heavy (non-hydrogen) atoms. The van der Waals surface area contributed by atoms with Crippen molar-refractivity contribution >= 4 is 15.9 Å². The molecule has 2 heteroatoms. The van der Waals surface area contributed by atoms with E-state index in [1.807, 2.05) is 7.05 Å². The van der Waals surface area contributed by atoms with E-state index in [4.69, 9.17) is 0 Å². The van der Waals surface area contributed by atoms with E-state index in [1.54, 1.807) is 0 Å². The lowest BCUT2D eigenvalue weighted by Gasteiger charge is -2.19. The summed E-state index contributed by atoms with van der Waals surface area (Å²) in [6.45, 7) is 4.35. The van der Waals surface area contributed by atoms with Gasteiger partial charge >= 0.3 is 0 Å². The van der Waals surface area contributed by atoms with E-state index in [0.29, 0.717) is 6.04 Å². The first-order chi connectivity index (χ1) is 9.60. The highest BCUT2D eigenvalue weighted by Gasteiger charge is 2.11. The average molecular weight is 332 g/mol. The molecular weight excluding hydrogens is 310 g/mol. The Hall–Kier alpha value is -1.12. The number of nitrogens with one attached hydrogen (secondary N) is 1. The molecule has 0 heterocycles. The second-order valence-electron chi connectivity index (χ2n) is 5.42. The maximum absolute atomic E-state index is 3.64. The molecule has 0 fully saturated rings. The first-order valence-electron chi connectivity index (χ1n) is 7.07. The number of benzene rings is 2. The van der Waals surface area contributed by atoms with Gasteiger partial charge in [0.05, 0.1) is 0 Å². The van der Waals surface area contributed by atoms with Crippen LogP contribution in [0.2, 0.25) is 0 Å². The van der Waals surface area contributed by atoms with Crippen LogP contribution in [0.25, 0.3) is 0 Å². The van der Waals surface area contributed by atoms with Crippen molar-refractivity contribution in [3.63, 3.8) is 0 Å². The van der Waals surface area contributed by atoms with E-state index in [0.717, 1.165) is 12.8 Å². The molecule has 0 bridgehead atoms. The lowest BCUT2D eigenvalue weighted by atomic mass is 9.95. The molecule has 1 nitrogen and oxygen atoms in total. The van der Waals surface area contributed by atoms with Crippen molar-refractivity contribution in [3.8, 4) is 0 Å². The fourth-order valence-corrected chi connectivity index (χ4v) is 2.94.